The van der Waals surface area contributed by atoms with Gasteiger partial charge in [-0.2, -0.15) is 0 Å². The van der Waals surface area contributed by atoms with Crippen molar-refractivity contribution in [2.45, 2.75) is 46.3 Å². The number of carbonyl (C=O) groups is 3. The molecule has 22 heavy (non-hydrogen) atoms. The summed E-state index contributed by atoms with van der Waals surface area (Å²) >= 11 is 0. The van der Waals surface area contributed by atoms with Crippen LogP contribution in [0.4, 0.5) is 10.5 Å². The van der Waals surface area contributed by atoms with Crippen LogP contribution in [0, 0.1) is 13.8 Å². The van der Waals surface area contributed by atoms with Crippen LogP contribution in [0.2, 0.25) is 0 Å². The summed E-state index contributed by atoms with van der Waals surface area (Å²) in [4.78, 5) is 37.2. The highest BCUT2D eigenvalue weighted by molar-refractivity contribution is 6.07. The third-order valence-corrected chi connectivity index (χ3v) is 3.69. The van der Waals surface area contributed by atoms with Gasteiger partial charge in [-0.3, -0.25) is 9.59 Å². The number of carbonyl (C=O) groups excluding carboxylic acids is 3. The van der Waals surface area contributed by atoms with Gasteiger partial charge < -0.3 is 10.1 Å². The third-order valence-electron chi connectivity index (χ3n) is 3.69. The lowest BCUT2D eigenvalue weighted by Crippen LogP contribution is -2.47. The molecular weight excluding hydrogens is 284 g/mol. The van der Waals surface area contributed by atoms with E-state index in [9.17, 15) is 14.4 Å². The normalized spacial score (nSPS) is 18.1. The van der Waals surface area contributed by atoms with Crippen molar-refractivity contribution in [3.63, 3.8) is 0 Å². The molecule has 0 spiro atoms. The molecular formula is C16H20N2O4. The van der Waals surface area contributed by atoms with Gasteiger partial charge in [0.05, 0.1) is 0 Å². The summed E-state index contributed by atoms with van der Waals surface area (Å²) in [6, 6.07) is 4.74. The lowest BCUT2D eigenvalue weighted by atomic mass is 10.1. The first-order valence-electron chi connectivity index (χ1n) is 7.08. The first-order chi connectivity index (χ1) is 10.1. The molecule has 6 heteroatoms. The number of benzene rings is 1. The van der Waals surface area contributed by atoms with E-state index < -0.39 is 29.6 Å². The van der Waals surface area contributed by atoms with E-state index in [2.05, 4.69) is 5.32 Å². The average molecular weight is 304 g/mol. The molecule has 1 unspecified atom stereocenters. The van der Waals surface area contributed by atoms with Crippen LogP contribution in [0.25, 0.3) is 0 Å². The molecule has 1 N–H and O–H groups in total. The minimum absolute atomic E-state index is 0.434. The van der Waals surface area contributed by atoms with Crippen molar-refractivity contribution >= 4 is 23.6 Å². The number of hydrogen-bond acceptors (Lipinski definition) is 4. The second-order valence-electron chi connectivity index (χ2n) is 6.04. The number of rotatable bonds is 3. The molecule has 0 radical (unpaired) electrons. The Labute approximate surface area is 129 Å². The predicted molar refractivity (Wildman–Crippen MR) is 81.4 cm³/mol. The van der Waals surface area contributed by atoms with Crippen LogP contribution >= 0.6 is 0 Å². The zero-order valence-electron chi connectivity index (χ0n) is 13.4. The number of amides is 3. The summed E-state index contributed by atoms with van der Waals surface area (Å²) in [7, 11) is 0. The fraction of sp³-hybridized carbons (Fsp3) is 0.438. The molecule has 0 aromatic heterocycles. The second kappa shape index (κ2) is 5.44. The van der Waals surface area contributed by atoms with E-state index in [1.807, 2.05) is 32.0 Å². The van der Waals surface area contributed by atoms with Crippen LogP contribution in [0.5, 0.6) is 0 Å². The van der Waals surface area contributed by atoms with Crippen molar-refractivity contribution < 1.29 is 19.1 Å². The predicted octanol–water partition coefficient (Wildman–Crippen LogP) is 2.39. The maximum Gasteiger partial charge on any atom is 0.418 e. The molecule has 2 rings (SSSR count). The van der Waals surface area contributed by atoms with E-state index in [4.69, 9.17) is 4.74 Å². The molecule has 3 amide bonds. The molecule has 1 heterocycles. The smallest absolute Gasteiger partial charge is 0.418 e. The number of nitrogens with one attached hydrogen (secondary N) is 1. The largest absolute Gasteiger partial charge is 0.433 e. The molecule has 1 atom stereocenters. The first kappa shape index (κ1) is 16.0. The lowest BCUT2D eigenvalue weighted by molar-refractivity contribution is -0.138. The molecule has 0 aliphatic carbocycles. The molecule has 1 fully saturated rings. The van der Waals surface area contributed by atoms with Crippen LogP contribution in [0.1, 0.15) is 31.9 Å². The Morgan fingerprint density at radius 2 is 1.91 bits per heavy atom. The standard InChI is InChI=1S/C16H20N2O4/c1-9-6-7-10(2)12(8-9)17-13(19)11(3)18-14(20)16(4,5)22-15(18)21/h6-8,11H,1-5H3,(H,17,19). The summed E-state index contributed by atoms with van der Waals surface area (Å²) in [6.45, 7) is 8.30. The molecule has 1 aliphatic heterocycles. The fourth-order valence-corrected chi connectivity index (χ4v) is 2.24. The highest BCUT2D eigenvalue weighted by Gasteiger charge is 2.50. The highest BCUT2D eigenvalue weighted by atomic mass is 16.6. The van der Waals surface area contributed by atoms with Crippen LogP contribution < -0.4 is 5.32 Å². The van der Waals surface area contributed by atoms with Gasteiger partial charge >= 0.3 is 6.09 Å². The minimum atomic E-state index is -1.23. The van der Waals surface area contributed by atoms with E-state index >= 15 is 0 Å². The van der Waals surface area contributed by atoms with Crippen molar-refractivity contribution in [3.8, 4) is 0 Å². The molecule has 118 valence electrons. The monoisotopic (exact) mass is 304 g/mol. The quantitative estimate of drug-likeness (QED) is 0.930. The first-order valence-corrected chi connectivity index (χ1v) is 7.08. The van der Waals surface area contributed by atoms with Gasteiger partial charge in [-0.1, -0.05) is 12.1 Å². The van der Waals surface area contributed by atoms with Gasteiger partial charge in [0.2, 0.25) is 5.91 Å². The fourth-order valence-electron chi connectivity index (χ4n) is 2.24. The number of aryl methyl sites for hydroxylation is 2. The molecule has 1 aliphatic rings. The number of hydrogen-bond donors (Lipinski definition) is 1. The highest BCUT2D eigenvalue weighted by Crippen LogP contribution is 2.26. The Hall–Kier alpha value is -2.37. The van der Waals surface area contributed by atoms with Crippen molar-refractivity contribution in [2.75, 3.05) is 5.32 Å². The zero-order chi connectivity index (χ0) is 16.7. The number of imide groups is 1. The van der Waals surface area contributed by atoms with Gasteiger partial charge in [0.1, 0.15) is 6.04 Å². The maximum absolute atomic E-state index is 12.4. The van der Waals surface area contributed by atoms with Gasteiger partial charge in [0, 0.05) is 5.69 Å². The Balaban J connectivity index is 2.18. The summed E-state index contributed by atoms with van der Waals surface area (Å²) in [5, 5.41) is 2.76. The Morgan fingerprint density at radius 3 is 2.45 bits per heavy atom. The Kier molecular flexibility index (Phi) is 3.96. The molecule has 1 aromatic carbocycles. The summed E-state index contributed by atoms with van der Waals surface area (Å²) in [5.74, 6) is -0.946. The van der Waals surface area contributed by atoms with Gasteiger partial charge in [-0.25, -0.2) is 9.69 Å². The third kappa shape index (κ3) is 2.81. The van der Waals surface area contributed by atoms with Gasteiger partial charge in [0.25, 0.3) is 5.91 Å². The van der Waals surface area contributed by atoms with E-state index in [1.54, 1.807) is 0 Å². The number of cyclic esters (lactones) is 1. The van der Waals surface area contributed by atoms with E-state index in [0.29, 0.717) is 5.69 Å². The SMILES string of the molecule is Cc1ccc(C)c(NC(=O)C(C)N2C(=O)OC(C)(C)C2=O)c1. The number of anilines is 1. The molecule has 1 saturated heterocycles. The summed E-state index contributed by atoms with van der Waals surface area (Å²) in [5.41, 5.74) is 1.34. The van der Waals surface area contributed by atoms with Crippen molar-refractivity contribution in [3.05, 3.63) is 29.3 Å². The van der Waals surface area contributed by atoms with Crippen LogP contribution in [-0.4, -0.2) is 34.5 Å². The molecule has 0 saturated carbocycles. The Bertz CT molecular complexity index is 652. The second-order valence-corrected chi connectivity index (χ2v) is 6.04. The topological polar surface area (TPSA) is 75.7 Å². The number of nitrogens with zero attached hydrogens (tertiary/aromatic N) is 1. The van der Waals surface area contributed by atoms with E-state index in [-0.39, 0.29) is 0 Å². The Morgan fingerprint density at radius 1 is 1.27 bits per heavy atom. The summed E-state index contributed by atoms with van der Waals surface area (Å²) in [6.07, 6.45) is -0.793. The van der Waals surface area contributed by atoms with Gasteiger partial charge in [-0.05, 0) is 51.8 Å². The maximum atomic E-state index is 12.4. The number of ether oxygens (including phenoxy) is 1. The summed E-state index contributed by atoms with van der Waals surface area (Å²) < 4.78 is 5.00. The van der Waals surface area contributed by atoms with Crippen LogP contribution in [0.3, 0.4) is 0 Å². The lowest BCUT2D eigenvalue weighted by Gasteiger charge is -2.21. The van der Waals surface area contributed by atoms with Crippen molar-refractivity contribution in [1.29, 1.82) is 0 Å². The molecule has 0 bridgehead atoms. The van der Waals surface area contributed by atoms with Crippen molar-refractivity contribution in [2.24, 2.45) is 0 Å². The minimum Gasteiger partial charge on any atom is -0.433 e. The average Bonchev–Trinajstić information content (AvgIpc) is 2.62. The zero-order valence-corrected chi connectivity index (χ0v) is 13.4. The van der Waals surface area contributed by atoms with Crippen LogP contribution in [0.15, 0.2) is 18.2 Å². The van der Waals surface area contributed by atoms with Gasteiger partial charge in [-0.15, -0.1) is 0 Å². The molecule has 1 aromatic rings. The van der Waals surface area contributed by atoms with E-state index in [1.165, 1.54) is 20.8 Å². The van der Waals surface area contributed by atoms with Gasteiger partial charge in [0.15, 0.2) is 5.60 Å². The van der Waals surface area contributed by atoms with Crippen molar-refractivity contribution in [1.82, 2.24) is 4.90 Å². The van der Waals surface area contributed by atoms with E-state index in [0.717, 1.165) is 16.0 Å². The molecule has 6 nitrogen and oxygen atoms in total. The van der Waals surface area contributed by atoms with Crippen LogP contribution in [-0.2, 0) is 14.3 Å².